The van der Waals surface area contributed by atoms with Gasteiger partial charge in [-0.3, -0.25) is 0 Å². The minimum absolute atomic E-state index is 0.0147. The van der Waals surface area contributed by atoms with Crippen molar-refractivity contribution in [3.05, 3.63) is 123 Å². The standard InChI is InChI=1S/C39H45N/c1-12-33-25(4)35(29(8)40)27(6)39(11)28(7)36-26(5)34-24(3)16-18-31(19-17-30-15-13-14-23(2)20-30)32(34)21-37(36,9)22-38(33,39)10/h13-16,18,20,33H,5-6,8,12,21-22,40H2,1-4,7,9-11H3/t33-,37+,38+,39+/m1/s1. The molecule has 2 N–H and O–H groups in total. The smallest absolute Gasteiger partial charge is 0.0317 e. The normalized spacial score (nSPS) is 29.4. The number of hydrogen-bond donors (Lipinski definition) is 1. The zero-order valence-corrected chi connectivity index (χ0v) is 25.9. The molecule has 0 spiro atoms. The van der Waals surface area contributed by atoms with Gasteiger partial charge in [0.1, 0.15) is 0 Å². The summed E-state index contributed by atoms with van der Waals surface area (Å²) >= 11 is 0. The maximum absolute atomic E-state index is 6.44. The fourth-order valence-electron chi connectivity index (χ4n) is 9.20. The molecule has 0 fully saturated rings. The lowest BCUT2D eigenvalue weighted by atomic mass is 9.39. The van der Waals surface area contributed by atoms with Crippen LogP contribution in [0.15, 0.2) is 89.7 Å². The number of nitrogens with two attached hydrogens (primary N) is 1. The minimum atomic E-state index is -0.239. The Morgan fingerprint density at radius 1 is 1.02 bits per heavy atom. The molecule has 3 aliphatic rings. The Kier molecular flexibility index (Phi) is 6.50. The lowest BCUT2D eigenvalue weighted by Crippen LogP contribution is -2.56. The summed E-state index contributed by atoms with van der Waals surface area (Å²) in [6.45, 7) is 32.3. The minimum Gasteiger partial charge on any atom is -0.399 e. The Labute approximate surface area is 242 Å². The predicted molar refractivity (Wildman–Crippen MR) is 172 cm³/mol. The van der Waals surface area contributed by atoms with E-state index in [1.807, 2.05) is 0 Å². The predicted octanol–water partition coefficient (Wildman–Crippen LogP) is 9.40. The summed E-state index contributed by atoms with van der Waals surface area (Å²) in [5, 5.41) is 0. The molecular formula is C39H45N. The molecule has 0 amide bonds. The lowest BCUT2D eigenvalue weighted by Gasteiger charge is -2.64. The topological polar surface area (TPSA) is 26.0 Å². The van der Waals surface area contributed by atoms with Crippen molar-refractivity contribution in [3.63, 3.8) is 0 Å². The van der Waals surface area contributed by atoms with E-state index in [9.17, 15) is 0 Å². The van der Waals surface area contributed by atoms with Gasteiger partial charge in [0.25, 0.3) is 0 Å². The second-order valence-corrected chi connectivity index (χ2v) is 13.4. The molecule has 0 aromatic heterocycles. The molecule has 0 unspecified atom stereocenters. The second kappa shape index (κ2) is 9.27. The Hall–Kier alpha value is -3.50. The van der Waals surface area contributed by atoms with Gasteiger partial charge in [0.15, 0.2) is 0 Å². The van der Waals surface area contributed by atoms with Crippen LogP contribution in [0.25, 0.3) is 5.57 Å². The lowest BCUT2D eigenvalue weighted by molar-refractivity contribution is 0.00575. The van der Waals surface area contributed by atoms with E-state index in [1.165, 1.54) is 39.0 Å². The average Bonchev–Trinajstić information content (AvgIpc) is 2.86. The van der Waals surface area contributed by atoms with E-state index in [-0.39, 0.29) is 16.2 Å². The third kappa shape index (κ3) is 3.69. The fourth-order valence-corrected chi connectivity index (χ4v) is 9.20. The molecule has 0 aliphatic heterocycles. The monoisotopic (exact) mass is 527 g/mol. The van der Waals surface area contributed by atoms with Gasteiger partial charge in [-0.1, -0.05) is 88.6 Å². The zero-order valence-electron chi connectivity index (χ0n) is 25.9. The summed E-state index contributed by atoms with van der Waals surface area (Å²) in [4.78, 5) is 0. The van der Waals surface area contributed by atoms with E-state index in [2.05, 4.69) is 110 Å². The first-order valence-corrected chi connectivity index (χ1v) is 14.7. The van der Waals surface area contributed by atoms with Gasteiger partial charge in [-0.15, -0.1) is 0 Å². The van der Waals surface area contributed by atoms with Gasteiger partial charge in [0.2, 0.25) is 0 Å². The van der Waals surface area contributed by atoms with Gasteiger partial charge in [-0.2, -0.15) is 0 Å². The van der Waals surface area contributed by atoms with Crippen molar-refractivity contribution < 1.29 is 0 Å². The van der Waals surface area contributed by atoms with E-state index in [0.717, 1.165) is 47.1 Å². The van der Waals surface area contributed by atoms with E-state index < -0.39 is 0 Å². The number of rotatable bonds is 2. The Balaban J connectivity index is 1.74. The van der Waals surface area contributed by atoms with Crippen molar-refractivity contribution in [2.75, 3.05) is 0 Å². The molecule has 2 aromatic rings. The maximum atomic E-state index is 6.44. The molecular weight excluding hydrogens is 482 g/mol. The van der Waals surface area contributed by atoms with Crippen molar-refractivity contribution in [2.45, 2.75) is 74.7 Å². The van der Waals surface area contributed by atoms with E-state index in [0.29, 0.717) is 11.6 Å². The van der Waals surface area contributed by atoms with Crippen LogP contribution in [0.1, 0.15) is 87.8 Å². The fraction of sp³-hybridized carbons (Fsp3) is 0.385. The van der Waals surface area contributed by atoms with E-state index in [1.54, 1.807) is 0 Å². The highest BCUT2D eigenvalue weighted by atomic mass is 14.7. The molecule has 0 saturated heterocycles. The Bertz CT molecular complexity index is 1630. The molecule has 1 nitrogen and oxygen atoms in total. The molecule has 5 rings (SSSR count). The molecule has 2 aromatic carbocycles. The van der Waals surface area contributed by atoms with Gasteiger partial charge < -0.3 is 5.73 Å². The summed E-state index contributed by atoms with van der Waals surface area (Å²) in [5.41, 5.74) is 21.6. The molecule has 0 radical (unpaired) electrons. The summed E-state index contributed by atoms with van der Waals surface area (Å²) in [6, 6.07) is 12.9. The molecule has 40 heavy (non-hydrogen) atoms. The number of fused-ring (bicyclic) bond motifs is 3. The average molecular weight is 528 g/mol. The Morgan fingerprint density at radius 2 is 1.73 bits per heavy atom. The summed E-state index contributed by atoms with van der Waals surface area (Å²) in [5.74, 6) is 7.40. The molecule has 0 saturated carbocycles. The summed E-state index contributed by atoms with van der Waals surface area (Å²) < 4.78 is 0. The van der Waals surface area contributed by atoms with Crippen LogP contribution in [0.4, 0.5) is 0 Å². The number of aryl methyl sites for hydroxylation is 2. The third-order valence-electron chi connectivity index (χ3n) is 11.0. The first kappa shape index (κ1) is 28.0. The van der Waals surface area contributed by atoms with Crippen LogP contribution in [-0.2, 0) is 6.42 Å². The van der Waals surface area contributed by atoms with Crippen LogP contribution >= 0.6 is 0 Å². The van der Waals surface area contributed by atoms with E-state index >= 15 is 0 Å². The molecule has 0 bridgehead atoms. The largest absolute Gasteiger partial charge is 0.399 e. The van der Waals surface area contributed by atoms with Crippen molar-refractivity contribution in [1.29, 1.82) is 0 Å². The second-order valence-electron chi connectivity index (χ2n) is 13.4. The quantitative estimate of drug-likeness (QED) is 0.387. The van der Waals surface area contributed by atoms with Gasteiger partial charge in [0, 0.05) is 22.2 Å². The summed E-state index contributed by atoms with van der Waals surface area (Å²) in [6.07, 6.45) is 3.07. The summed E-state index contributed by atoms with van der Waals surface area (Å²) in [7, 11) is 0. The number of hydrogen-bond acceptors (Lipinski definition) is 1. The van der Waals surface area contributed by atoms with Crippen molar-refractivity contribution in [3.8, 4) is 11.8 Å². The first-order chi connectivity index (χ1) is 18.7. The maximum Gasteiger partial charge on any atom is 0.0317 e. The van der Waals surface area contributed by atoms with Crippen molar-refractivity contribution >= 4 is 5.57 Å². The zero-order chi connectivity index (χ0) is 29.4. The van der Waals surface area contributed by atoms with Crippen LogP contribution in [-0.4, -0.2) is 0 Å². The highest BCUT2D eigenvalue weighted by molar-refractivity contribution is 5.87. The van der Waals surface area contributed by atoms with Gasteiger partial charge in [-0.25, -0.2) is 0 Å². The van der Waals surface area contributed by atoms with Crippen LogP contribution in [0.3, 0.4) is 0 Å². The van der Waals surface area contributed by atoms with Crippen LogP contribution in [0.2, 0.25) is 0 Å². The molecule has 206 valence electrons. The first-order valence-electron chi connectivity index (χ1n) is 14.7. The van der Waals surface area contributed by atoms with Crippen molar-refractivity contribution in [2.24, 2.45) is 27.9 Å². The third-order valence-corrected chi connectivity index (χ3v) is 11.0. The Morgan fingerprint density at radius 3 is 2.35 bits per heavy atom. The van der Waals surface area contributed by atoms with Crippen LogP contribution in [0, 0.1) is 47.9 Å². The van der Waals surface area contributed by atoms with Crippen LogP contribution < -0.4 is 5.73 Å². The van der Waals surface area contributed by atoms with Crippen LogP contribution in [0.5, 0.6) is 0 Å². The number of benzene rings is 2. The van der Waals surface area contributed by atoms with Gasteiger partial charge in [-0.05, 0) is 126 Å². The molecule has 4 atom stereocenters. The molecule has 3 aliphatic carbocycles. The SMILES string of the molecule is C=C(N)C1=C(C)[C@@H](CC)[C@]2(C)C[C@]3(C)Cc4c(C#Cc5cccc(C)c5)ccc(C)c4C(=C)C3=C(C)[C@]2(C)C1=C. The molecule has 0 heterocycles. The van der Waals surface area contributed by atoms with Gasteiger partial charge in [0.05, 0.1) is 0 Å². The van der Waals surface area contributed by atoms with Gasteiger partial charge >= 0.3 is 0 Å². The van der Waals surface area contributed by atoms with E-state index in [4.69, 9.17) is 18.9 Å². The number of allylic oxidation sites excluding steroid dienone is 5. The highest BCUT2D eigenvalue weighted by Crippen LogP contribution is 2.72. The molecule has 1 heteroatoms. The highest BCUT2D eigenvalue weighted by Gasteiger charge is 2.62. The van der Waals surface area contributed by atoms with Crippen molar-refractivity contribution in [1.82, 2.24) is 0 Å².